The predicted octanol–water partition coefficient (Wildman–Crippen LogP) is 2.24. The largest absolute Gasteiger partial charge is 0.480 e. The number of ether oxygens (including phenoxy) is 3. The average Bonchev–Trinajstić information content (AvgIpc) is 3.41. The van der Waals surface area contributed by atoms with E-state index in [0.717, 1.165) is 22.3 Å². The van der Waals surface area contributed by atoms with Crippen LogP contribution >= 0.6 is 0 Å². The molecule has 0 saturated carbocycles. The van der Waals surface area contributed by atoms with E-state index in [-0.39, 0.29) is 31.6 Å². The van der Waals surface area contributed by atoms with Crippen molar-refractivity contribution in [3.63, 3.8) is 0 Å². The first-order valence-corrected chi connectivity index (χ1v) is 11.7. The van der Waals surface area contributed by atoms with Gasteiger partial charge in [0.2, 0.25) is 5.91 Å². The molecule has 0 radical (unpaired) electrons. The molecule has 2 unspecified atom stereocenters. The van der Waals surface area contributed by atoms with Crippen molar-refractivity contribution in [3.8, 4) is 11.1 Å². The van der Waals surface area contributed by atoms with Crippen LogP contribution in [0.15, 0.2) is 48.5 Å². The molecule has 9 heteroatoms. The van der Waals surface area contributed by atoms with E-state index >= 15 is 0 Å². The smallest absolute Gasteiger partial charge is 0.407 e. The van der Waals surface area contributed by atoms with E-state index < -0.39 is 36.2 Å². The van der Waals surface area contributed by atoms with Crippen LogP contribution in [0.5, 0.6) is 0 Å². The molecule has 2 atom stereocenters. The summed E-state index contributed by atoms with van der Waals surface area (Å²) in [6.07, 6.45) is -0.585. The van der Waals surface area contributed by atoms with Crippen LogP contribution in [0.2, 0.25) is 0 Å². The third-order valence-corrected chi connectivity index (χ3v) is 6.95. The maximum Gasteiger partial charge on any atom is 0.407 e. The highest BCUT2D eigenvalue weighted by molar-refractivity contribution is 5.82. The van der Waals surface area contributed by atoms with Gasteiger partial charge < -0.3 is 29.5 Å². The van der Waals surface area contributed by atoms with Crippen LogP contribution in [0.4, 0.5) is 4.79 Å². The fourth-order valence-electron chi connectivity index (χ4n) is 5.21. The van der Waals surface area contributed by atoms with Gasteiger partial charge in [-0.1, -0.05) is 48.5 Å². The Balaban J connectivity index is 1.16. The summed E-state index contributed by atoms with van der Waals surface area (Å²) in [6.45, 7) is 2.59. The summed E-state index contributed by atoms with van der Waals surface area (Å²) in [5.74, 6) is -1.77. The molecule has 2 N–H and O–H groups in total. The van der Waals surface area contributed by atoms with Gasteiger partial charge in [0, 0.05) is 5.92 Å². The van der Waals surface area contributed by atoms with Gasteiger partial charge in [0.15, 0.2) is 0 Å². The summed E-state index contributed by atoms with van der Waals surface area (Å²) in [7, 11) is 0. The first kappa shape index (κ1) is 23.3. The standard InChI is InChI=1S/C26H28N2O7/c1-26(35-13-23(29)30)14-28(15-26)24(31)21-10-33-12-22(21)27-25(32)34-11-20-18-8-4-2-6-16(18)17-7-3-5-9-19(17)20/h2-9,20-22H,10-15H2,1H3,(H,27,32)(H,29,30). The summed E-state index contributed by atoms with van der Waals surface area (Å²) >= 11 is 0. The van der Waals surface area contributed by atoms with E-state index in [2.05, 4.69) is 29.6 Å². The van der Waals surface area contributed by atoms with Crippen molar-refractivity contribution in [2.45, 2.75) is 24.5 Å². The first-order valence-electron chi connectivity index (χ1n) is 11.7. The number of alkyl carbamates (subject to hydrolysis) is 1. The number of carboxylic acids is 1. The number of benzene rings is 2. The van der Waals surface area contributed by atoms with Crippen molar-refractivity contribution in [1.82, 2.24) is 10.2 Å². The molecule has 3 aliphatic rings. The maximum atomic E-state index is 13.0. The van der Waals surface area contributed by atoms with E-state index in [1.54, 1.807) is 11.8 Å². The van der Waals surface area contributed by atoms with Crippen molar-refractivity contribution in [3.05, 3.63) is 59.7 Å². The number of nitrogens with zero attached hydrogens (tertiary/aromatic N) is 1. The number of carboxylic acid groups (broad SMARTS) is 1. The summed E-state index contributed by atoms with van der Waals surface area (Å²) in [6, 6.07) is 15.7. The SMILES string of the molecule is CC1(OCC(=O)O)CN(C(=O)C2COCC2NC(=O)OCC2c3ccccc3-c3ccccc32)C1. The van der Waals surface area contributed by atoms with Gasteiger partial charge in [-0.05, 0) is 29.2 Å². The number of amides is 2. The second-order valence-corrected chi connectivity index (χ2v) is 9.55. The molecule has 5 rings (SSSR count). The second kappa shape index (κ2) is 9.31. The highest BCUT2D eigenvalue weighted by Gasteiger charge is 2.47. The minimum atomic E-state index is -1.05. The lowest BCUT2D eigenvalue weighted by Crippen LogP contribution is -2.65. The lowest BCUT2D eigenvalue weighted by Gasteiger charge is -2.48. The molecular weight excluding hydrogens is 452 g/mol. The molecule has 2 saturated heterocycles. The number of fused-ring (bicyclic) bond motifs is 3. The van der Waals surface area contributed by atoms with E-state index in [4.69, 9.17) is 19.3 Å². The van der Waals surface area contributed by atoms with Crippen molar-refractivity contribution >= 4 is 18.0 Å². The number of likely N-dealkylation sites (tertiary alicyclic amines) is 1. The molecule has 0 bridgehead atoms. The Kier molecular flexibility index (Phi) is 6.21. The summed E-state index contributed by atoms with van der Waals surface area (Å²) in [5.41, 5.74) is 3.89. The van der Waals surface area contributed by atoms with Crippen molar-refractivity contribution < 1.29 is 33.7 Å². The molecule has 2 aromatic rings. The van der Waals surface area contributed by atoms with Crippen molar-refractivity contribution in [1.29, 1.82) is 0 Å². The molecule has 2 aliphatic heterocycles. The van der Waals surface area contributed by atoms with Gasteiger partial charge in [0.1, 0.15) is 18.8 Å². The minimum absolute atomic E-state index is 0.0463. The topological polar surface area (TPSA) is 114 Å². The number of hydrogen-bond donors (Lipinski definition) is 2. The van der Waals surface area contributed by atoms with Crippen LogP contribution in [0, 0.1) is 5.92 Å². The fraction of sp³-hybridized carbons (Fsp3) is 0.423. The number of carbonyl (C=O) groups is 3. The Bertz CT molecular complexity index is 1100. The van der Waals surface area contributed by atoms with Gasteiger partial charge in [-0.2, -0.15) is 0 Å². The Morgan fingerprint density at radius 2 is 1.69 bits per heavy atom. The number of aliphatic carboxylic acids is 1. The molecule has 9 nitrogen and oxygen atoms in total. The summed E-state index contributed by atoms with van der Waals surface area (Å²) in [4.78, 5) is 38.0. The lowest BCUT2D eigenvalue weighted by molar-refractivity contribution is -0.175. The van der Waals surface area contributed by atoms with Crippen LogP contribution in [0.3, 0.4) is 0 Å². The number of rotatable bonds is 7. The highest BCUT2D eigenvalue weighted by Crippen LogP contribution is 2.44. The van der Waals surface area contributed by atoms with E-state index in [0.29, 0.717) is 13.1 Å². The fourth-order valence-corrected chi connectivity index (χ4v) is 5.21. The second-order valence-electron chi connectivity index (χ2n) is 9.55. The van der Waals surface area contributed by atoms with E-state index in [9.17, 15) is 14.4 Å². The molecule has 35 heavy (non-hydrogen) atoms. The quantitative estimate of drug-likeness (QED) is 0.625. The van der Waals surface area contributed by atoms with Crippen molar-refractivity contribution in [2.75, 3.05) is 39.5 Å². The average molecular weight is 481 g/mol. The molecule has 1 aliphatic carbocycles. The monoisotopic (exact) mass is 480 g/mol. The Labute approximate surface area is 203 Å². The van der Waals surface area contributed by atoms with Crippen LogP contribution in [-0.2, 0) is 23.8 Å². The highest BCUT2D eigenvalue weighted by atomic mass is 16.6. The van der Waals surface area contributed by atoms with Crippen LogP contribution < -0.4 is 5.32 Å². The zero-order valence-corrected chi connectivity index (χ0v) is 19.4. The first-order chi connectivity index (χ1) is 16.8. The van der Waals surface area contributed by atoms with E-state index in [1.807, 2.05) is 24.3 Å². The van der Waals surface area contributed by atoms with Crippen LogP contribution in [-0.4, -0.2) is 79.1 Å². The number of carbonyl (C=O) groups excluding carboxylic acids is 2. The molecular formula is C26H28N2O7. The van der Waals surface area contributed by atoms with Crippen LogP contribution in [0.1, 0.15) is 24.0 Å². The van der Waals surface area contributed by atoms with E-state index in [1.165, 1.54) is 0 Å². The Morgan fingerprint density at radius 1 is 1.06 bits per heavy atom. The molecule has 2 heterocycles. The molecule has 2 aromatic carbocycles. The lowest BCUT2D eigenvalue weighted by atomic mass is 9.92. The molecule has 0 spiro atoms. The normalized spacial score (nSPS) is 22.1. The number of nitrogens with one attached hydrogen (secondary N) is 1. The Morgan fingerprint density at radius 3 is 2.31 bits per heavy atom. The Hall–Kier alpha value is -3.43. The third-order valence-electron chi connectivity index (χ3n) is 6.95. The summed E-state index contributed by atoms with van der Waals surface area (Å²) < 4.78 is 16.5. The maximum absolute atomic E-state index is 13.0. The van der Waals surface area contributed by atoms with Crippen LogP contribution in [0.25, 0.3) is 11.1 Å². The van der Waals surface area contributed by atoms with Gasteiger partial charge in [-0.25, -0.2) is 9.59 Å². The molecule has 0 aromatic heterocycles. The van der Waals surface area contributed by atoms with Gasteiger partial charge in [0.05, 0.1) is 38.3 Å². The third kappa shape index (κ3) is 4.61. The summed E-state index contributed by atoms with van der Waals surface area (Å²) in [5, 5.41) is 11.6. The van der Waals surface area contributed by atoms with Gasteiger partial charge in [-0.15, -0.1) is 0 Å². The molecule has 2 fully saturated rings. The zero-order chi connectivity index (χ0) is 24.6. The predicted molar refractivity (Wildman–Crippen MR) is 125 cm³/mol. The van der Waals surface area contributed by atoms with Gasteiger partial charge in [-0.3, -0.25) is 4.79 Å². The van der Waals surface area contributed by atoms with Crippen molar-refractivity contribution in [2.24, 2.45) is 5.92 Å². The minimum Gasteiger partial charge on any atom is -0.480 e. The zero-order valence-electron chi connectivity index (χ0n) is 19.4. The van der Waals surface area contributed by atoms with Gasteiger partial charge >= 0.3 is 12.1 Å². The van der Waals surface area contributed by atoms with Gasteiger partial charge in [0.25, 0.3) is 0 Å². The molecule has 184 valence electrons. The molecule has 2 amide bonds. The number of hydrogen-bond acceptors (Lipinski definition) is 6.